The van der Waals surface area contributed by atoms with Gasteiger partial charge >= 0.3 is 0 Å². The van der Waals surface area contributed by atoms with E-state index in [1.807, 2.05) is 85.9 Å². The molecule has 4 aromatic rings. The van der Waals surface area contributed by atoms with Crippen LogP contribution in [-0.2, 0) is 22.3 Å². The van der Waals surface area contributed by atoms with E-state index in [4.69, 9.17) is 23.9 Å². The minimum atomic E-state index is -1.07. The highest BCUT2D eigenvalue weighted by atomic mass is 16.7. The summed E-state index contributed by atoms with van der Waals surface area (Å²) in [5.74, 6) is 1.23. The van der Waals surface area contributed by atoms with Crippen molar-refractivity contribution in [1.82, 2.24) is 9.55 Å². The van der Waals surface area contributed by atoms with Crippen LogP contribution < -0.4 is 9.47 Å². The highest BCUT2D eigenvalue weighted by Crippen LogP contribution is 2.42. The zero-order chi connectivity index (χ0) is 22.8. The molecular weight excluding hydrogens is 416 g/mol. The van der Waals surface area contributed by atoms with Crippen molar-refractivity contribution in [2.75, 3.05) is 27.4 Å². The molecule has 5 rings (SSSR count). The number of rotatable bonds is 6. The quantitative estimate of drug-likeness (QED) is 0.420. The van der Waals surface area contributed by atoms with E-state index in [0.29, 0.717) is 19.0 Å². The van der Waals surface area contributed by atoms with E-state index in [2.05, 4.69) is 4.57 Å². The summed E-state index contributed by atoms with van der Waals surface area (Å²) in [7, 11) is 5.33. The lowest BCUT2D eigenvalue weighted by Crippen LogP contribution is -2.32. The molecule has 6 heteroatoms. The van der Waals surface area contributed by atoms with Crippen molar-refractivity contribution in [3.05, 3.63) is 90.3 Å². The van der Waals surface area contributed by atoms with E-state index in [9.17, 15) is 0 Å². The fourth-order valence-corrected chi connectivity index (χ4v) is 4.32. The summed E-state index contributed by atoms with van der Waals surface area (Å²) in [6.07, 6.45) is 0. The van der Waals surface area contributed by atoms with Gasteiger partial charge in [-0.15, -0.1) is 0 Å². The van der Waals surface area contributed by atoms with Crippen molar-refractivity contribution in [3.8, 4) is 34.0 Å². The third-order valence-electron chi connectivity index (χ3n) is 5.96. The average molecular weight is 443 g/mol. The van der Waals surface area contributed by atoms with E-state index in [-0.39, 0.29) is 0 Å². The van der Waals surface area contributed by atoms with Crippen LogP contribution in [0.1, 0.15) is 11.4 Å². The average Bonchev–Trinajstić information content (AvgIpc) is 3.50. The van der Waals surface area contributed by atoms with Crippen LogP contribution in [0.3, 0.4) is 0 Å². The number of ether oxygens (including phenoxy) is 4. The molecule has 0 N–H and O–H groups in total. The molecule has 0 spiro atoms. The second-order valence-corrected chi connectivity index (χ2v) is 7.83. The summed E-state index contributed by atoms with van der Waals surface area (Å²) in [5.41, 5.74) is 4.72. The molecule has 1 fully saturated rings. The van der Waals surface area contributed by atoms with Gasteiger partial charge in [0.15, 0.2) is 5.82 Å². The maximum atomic E-state index is 6.26. The summed E-state index contributed by atoms with van der Waals surface area (Å²) >= 11 is 0. The maximum Gasteiger partial charge on any atom is 0.256 e. The Kier molecular flexibility index (Phi) is 5.62. The van der Waals surface area contributed by atoms with Crippen molar-refractivity contribution >= 4 is 0 Å². The first kappa shape index (κ1) is 21.2. The minimum absolute atomic E-state index is 0.498. The number of hydrogen-bond donors (Lipinski definition) is 0. The van der Waals surface area contributed by atoms with Gasteiger partial charge in [-0.2, -0.15) is 0 Å². The van der Waals surface area contributed by atoms with Gasteiger partial charge in [0, 0.05) is 23.7 Å². The summed E-state index contributed by atoms with van der Waals surface area (Å²) in [6.45, 7) is 0.995. The van der Waals surface area contributed by atoms with Gasteiger partial charge in [-0.25, -0.2) is 4.98 Å². The fraction of sp³-hybridized carbons (Fsp3) is 0.222. The Balaban J connectivity index is 1.73. The number of nitrogens with zero attached hydrogens (tertiary/aromatic N) is 2. The molecule has 0 radical (unpaired) electrons. The first-order valence-electron chi connectivity index (χ1n) is 10.9. The molecule has 0 aliphatic carbocycles. The monoisotopic (exact) mass is 442 g/mol. The number of aromatic nitrogens is 2. The van der Waals surface area contributed by atoms with E-state index < -0.39 is 5.79 Å². The topological polar surface area (TPSA) is 54.7 Å². The Morgan fingerprint density at radius 1 is 0.758 bits per heavy atom. The Bertz CT molecular complexity index is 1230. The van der Waals surface area contributed by atoms with Gasteiger partial charge in [0.2, 0.25) is 0 Å². The van der Waals surface area contributed by atoms with Crippen LogP contribution in [0, 0.1) is 0 Å². The number of benzene rings is 3. The van der Waals surface area contributed by atoms with Crippen LogP contribution in [0.5, 0.6) is 11.5 Å². The molecule has 1 aromatic heterocycles. The van der Waals surface area contributed by atoms with Crippen molar-refractivity contribution in [3.63, 3.8) is 0 Å². The smallest absolute Gasteiger partial charge is 0.256 e. The Morgan fingerprint density at radius 2 is 1.30 bits per heavy atom. The van der Waals surface area contributed by atoms with Gasteiger partial charge in [-0.3, -0.25) is 0 Å². The molecule has 33 heavy (non-hydrogen) atoms. The lowest BCUT2D eigenvalue weighted by Gasteiger charge is -2.27. The SMILES string of the molecule is COc1ccc(-c2nc(C3(c4ccccc4)OCCO3)n(C)c2-c2ccc(OC)cc2)cc1. The van der Waals surface area contributed by atoms with E-state index >= 15 is 0 Å². The van der Waals surface area contributed by atoms with Crippen LogP contribution >= 0.6 is 0 Å². The van der Waals surface area contributed by atoms with Crippen molar-refractivity contribution < 1.29 is 18.9 Å². The van der Waals surface area contributed by atoms with Crippen LogP contribution in [0.25, 0.3) is 22.5 Å². The molecule has 1 aliphatic rings. The molecule has 168 valence electrons. The largest absolute Gasteiger partial charge is 0.497 e. The zero-order valence-electron chi connectivity index (χ0n) is 18.9. The molecule has 1 aliphatic heterocycles. The van der Waals surface area contributed by atoms with Gasteiger partial charge in [0.1, 0.15) is 11.5 Å². The van der Waals surface area contributed by atoms with Crippen LogP contribution in [0.15, 0.2) is 78.9 Å². The van der Waals surface area contributed by atoms with E-state index in [1.165, 1.54) is 0 Å². The predicted octanol–water partition coefficient (Wildman–Crippen LogP) is 5.02. The van der Waals surface area contributed by atoms with Gasteiger partial charge in [-0.05, 0) is 48.5 Å². The molecule has 0 saturated carbocycles. The lowest BCUT2D eigenvalue weighted by molar-refractivity contribution is -0.137. The molecular formula is C27H26N2O4. The van der Waals surface area contributed by atoms with Crippen molar-refractivity contribution in [2.24, 2.45) is 7.05 Å². The first-order chi connectivity index (χ1) is 16.2. The molecule has 0 bridgehead atoms. The molecule has 0 atom stereocenters. The number of hydrogen-bond acceptors (Lipinski definition) is 5. The highest BCUT2D eigenvalue weighted by Gasteiger charge is 2.45. The first-order valence-corrected chi connectivity index (χ1v) is 10.9. The number of imidazole rings is 1. The summed E-state index contributed by atoms with van der Waals surface area (Å²) < 4.78 is 25.3. The van der Waals surface area contributed by atoms with Gasteiger partial charge in [0.25, 0.3) is 5.79 Å². The molecule has 0 amide bonds. The normalized spacial score (nSPS) is 14.9. The molecule has 1 saturated heterocycles. The summed E-state index contributed by atoms with van der Waals surface area (Å²) in [6, 6.07) is 25.9. The van der Waals surface area contributed by atoms with E-state index in [0.717, 1.165) is 39.6 Å². The second-order valence-electron chi connectivity index (χ2n) is 7.83. The second kappa shape index (κ2) is 8.73. The molecule has 2 heterocycles. The Morgan fingerprint density at radius 3 is 1.85 bits per heavy atom. The van der Waals surface area contributed by atoms with Crippen LogP contribution in [0.2, 0.25) is 0 Å². The van der Waals surface area contributed by atoms with Crippen LogP contribution in [-0.4, -0.2) is 37.0 Å². The van der Waals surface area contributed by atoms with Crippen LogP contribution in [0.4, 0.5) is 0 Å². The van der Waals surface area contributed by atoms with Gasteiger partial charge in [0.05, 0.1) is 38.8 Å². The Hall–Kier alpha value is -3.61. The minimum Gasteiger partial charge on any atom is -0.497 e. The van der Waals surface area contributed by atoms with Crippen molar-refractivity contribution in [2.45, 2.75) is 5.79 Å². The molecule has 3 aromatic carbocycles. The summed E-state index contributed by atoms with van der Waals surface area (Å²) in [5, 5.41) is 0. The lowest BCUT2D eigenvalue weighted by atomic mass is 10.0. The standard InChI is InChI=1S/C27H26N2O4/c1-29-25(20-11-15-23(31-3)16-12-20)24(19-9-13-22(30-2)14-10-19)28-26(29)27(32-17-18-33-27)21-7-5-4-6-8-21/h4-16H,17-18H2,1-3H3. The third-order valence-corrected chi connectivity index (χ3v) is 5.96. The van der Waals surface area contributed by atoms with Gasteiger partial charge < -0.3 is 23.5 Å². The summed E-state index contributed by atoms with van der Waals surface area (Å²) in [4.78, 5) is 5.13. The van der Waals surface area contributed by atoms with E-state index in [1.54, 1.807) is 14.2 Å². The predicted molar refractivity (Wildman–Crippen MR) is 126 cm³/mol. The van der Waals surface area contributed by atoms with Gasteiger partial charge in [-0.1, -0.05) is 30.3 Å². The number of methoxy groups -OCH3 is 2. The fourth-order valence-electron chi connectivity index (χ4n) is 4.32. The third kappa shape index (κ3) is 3.67. The maximum absolute atomic E-state index is 6.26. The highest BCUT2D eigenvalue weighted by molar-refractivity contribution is 5.79. The molecule has 6 nitrogen and oxygen atoms in total. The zero-order valence-corrected chi connectivity index (χ0v) is 18.9. The Labute approximate surface area is 193 Å². The van der Waals surface area contributed by atoms with Crippen molar-refractivity contribution in [1.29, 1.82) is 0 Å². The molecule has 0 unspecified atom stereocenters.